The molecule has 5 rings (SSSR count). The summed E-state index contributed by atoms with van der Waals surface area (Å²) in [5.74, 6) is 1.96. The molecule has 0 bridgehead atoms. The zero-order chi connectivity index (χ0) is 20.7. The Kier molecular flexibility index (Phi) is 5.28. The lowest BCUT2D eigenvalue weighted by Crippen LogP contribution is -2.15. The predicted molar refractivity (Wildman–Crippen MR) is 121 cm³/mol. The first-order valence-corrected chi connectivity index (χ1v) is 12.2. The van der Waals surface area contributed by atoms with Crippen LogP contribution in [0.2, 0.25) is 0 Å². The summed E-state index contributed by atoms with van der Waals surface area (Å²) >= 11 is 3.13. The van der Waals surface area contributed by atoms with E-state index in [9.17, 15) is 4.79 Å². The van der Waals surface area contributed by atoms with Crippen LogP contribution in [-0.4, -0.2) is 19.5 Å². The minimum atomic E-state index is -0.119. The lowest BCUT2D eigenvalue weighted by Gasteiger charge is -2.26. The van der Waals surface area contributed by atoms with E-state index in [2.05, 4.69) is 23.4 Å². The molecular formula is C22H24N4O2S2. The first kappa shape index (κ1) is 19.6. The smallest absolute Gasteiger partial charge is 0.260 e. The Balaban J connectivity index is 1.42. The van der Waals surface area contributed by atoms with Crippen LogP contribution in [-0.2, 0) is 5.75 Å². The third-order valence-corrected chi connectivity index (χ3v) is 7.75. The maximum absolute atomic E-state index is 12.8. The van der Waals surface area contributed by atoms with Gasteiger partial charge in [-0.25, -0.2) is 9.97 Å². The van der Waals surface area contributed by atoms with Gasteiger partial charge >= 0.3 is 0 Å². The number of hydrogen-bond acceptors (Lipinski definition) is 6. The van der Waals surface area contributed by atoms with E-state index in [1.807, 2.05) is 17.5 Å². The van der Waals surface area contributed by atoms with E-state index in [4.69, 9.17) is 14.4 Å². The topological polar surface area (TPSA) is 76.7 Å². The number of thiophene rings is 1. The monoisotopic (exact) mass is 440 g/mol. The Morgan fingerprint density at radius 1 is 1.27 bits per heavy atom. The first-order valence-electron chi connectivity index (χ1n) is 10.3. The van der Waals surface area contributed by atoms with E-state index in [1.54, 1.807) is 18.0 Å². The SMILES string of the molecule is Cc1nc(SCc2nc3scc(-c4ccco4)c3c(=O)[nH]2)n(C2CCCCC2)c1C. The molecule has 30 heavy (non-hydrogen) atoms. The molecule has 156 valence electrons. The van der Waals surface area contributed by atoms with Gasteiger partial charge in [-0.2, -0.15) is 0 Å². The van der Waals surface area contributed by atoms with Gasteiger partial charge in [0.15, 0.2) is 5.16 Å². The van der Waals surface area contributed by atoms with Crippen molar-refractivity contribution in [1.29, 1.82) is 0 Å². The minimum absolute atomic E-state index is 0.119. The standard InChI is InChI=1S/C22H24N4O2S2/c1-13-14(2)26(15-7-4-3-5-8-15)22(23-13)30-12-18-24-20(27)19-16(11-29-21(19)25-18)17-9-6-10-28-17/h6,9-11,15H,3-5,7-8,12H2,1-2H3,(H,24,25,27). The molecule has 1 aliphatic rings. The van der Waals surface area contributed by atoms with E-state index in [-0.39, 0.29) is 5.56 Å². The number of H-pyrrole nitrogens is 1. The van der Waals surface area contributed by atoms with E-state index in [0.717, 1.165) is 21.2 Å². The molecule has 0 spiro atoms. The van der Waals surface area contributed by atoms with Crippen LogP contribution in [0.15, 0.2) is 38.1 Å². The number of rotatable bonds is 5. The van der Waals surface area contributed by atoms with Crippen molar-refractivity contribution in [3.05, 3.63) is 51.3 Å². The maximum Gasteiger partial charge on any atom is 0.260 e. The molecule has 0 radical (unpaired) electrons. The molecule has 6 nitrogen and oxygen atoms in total. The van der Waals surface area contributed by atoms with Gasteiger partial charge in [0, 0.05) is 22.7 Å². The van der Waals surface area contributed by atoms with Gasteiger partial charge in [-0.05, 0) is 38.8 Å². The molecule has 1 N–H and O–H groups in total. The molecule has 0 unspecified atom stereocenters. The van der Waals surface area contributed by atoms with Gasteiger partial charge in [-0.3, -0.25) is 4.79 Å². The van der Waals surface area contributed by atoms with Gasteiger partial charge in [0.1, 0.15) is 16.4 Å². The van der Waals surface area contributed by atoms with Crippen molar-refractivity contribution in [2.45, 2.75) is 62.9 Å². The van der Waals surface area contributed by atoms with Crippen LogP contribution in [0.1, 0.15) is 55.4 Å². The third kappa shape index (κ3) is 3.52. The summed E-state index contributed by atoms with van der Waals surface area (Å²) in [4.78, 5) is 26.0. The number of imidazole rings is 1. The summed E-state index contributed by atoms with van der Waals surface area (Å²) in [5, 5.41) is 3.56. The number of nitrogens with one attached hydrogen (secondary N) is 1. The predicted octanol–water partition coefficient (Wildman–Crippen LogP) is 5.86. The van der Waals surface area contributed by atoms with Crippen LogP contribution >= 0.6 is 23.1 Å². The van der Waals surface area contributed by atoms with Gasteiger partial charge in [0.2, 0.25) is 0 Å². The fourth-order valence-electron chi connectivity index (χ4n) is 4.28. The summed E-state index contributed by atoms with van der Waals surface area (Å²) in [6.45, 7) is 4.24. The van der Waals surface area contributed by atoms with Crippen molar-refractivity contribution in [2.75, 3.05) is 0 Å². The van der Waals surface area contributed by atoms with Gasteiger partial charge < -0.3 is 14.0 Å². The molecular weight excluding hydrogens is 416 g/mol. The second-order valence-corrected chi connectivity index (χ2v) is 9.64. The largest absolute Gasteiger partial charge is 0.464 e. The van der Waals surface area contributed by atoms with Crippen molar-refractivity contribution >= 4 is 33.3 Å². The molecule has 4 aromatic rings. The maximum atomic E-state index is 12.8. The molecule has 4 aromatic heterocycles. The lowest BCUT2D eigenvalue weighted by molar-refractivity contribution is 0.332. The number of aryl methyl sites for hydroxylation is 1. The minimum Gasteiger partial charge on any atom is -0.464 e. The summed E-state index contributed by atoms with van der Waals surface area (Å²) in [6.07, 6.45) is 7.95. The van der Waals surface area contributed by atoms with E-state index < -0.39 is 0 Å². The summed E-state index contributed by atoms with van der Waals surface area (Å²) in [7, 11) is 0. The van der Waals surface area contributed by atoms with Crippen LogP contribution in [0, 0.1) is 13.8 Å². The quantitative estimate of drug-likeness (QED) is 0.394. The highest BCUT2D eigenvalue weighted by molar-refractivity contribution is 7.98. The molecule has 1 fully saturated rings. The van der Waals surface area contributed by atoms with Gasteiger partial charge in [0.25, 0.3) is 5.56 Å². The third-order valence-electron chi connectivity index (χ3n) is 5.91. The number of hydrogen-bond donors (Lipinski definition) is 1. The van der Waals surface area contributed by atoms with Crippen LogP contribution in [0.3, 0.4) is 0 Å². The van der Waals surface area contributed by atoms with Crippen LogP contribution in [0.25, 0.3) is 21.5 Å². The van der Waals surface area contributed by atoms with Crippen molar-refractivity contribution in [3.8, 4) is 11.3 Å². The second kappa shape index (κ2) is 8.07. The molecule has 8 heteroatoms. The van der Waals surface area contributed by atoms with Crippen LogP contribution < -0.4 is 5.56 Å². The van der Waals surface area contributed by atoms with Gasteiger partial charge in [-0.1, -0.05) is 31.0 Å². The summed E-state index contributed by atoms with van der Waals surface area (Å²) in [5.41, 5.74) is 3.02. The van der Waals surface area contributed by atoms with Crippen molar-refractivity contribution in [2.24, 2.45) is 0 Å². The summed E-state index contributed by atoms with van der Waals surface area (Å²) in [6, 6.07) is 4.22. The molecule has 1 aliphatic carbocycles. The fraction of sp³-hybridized carbons (Fsp3) is 0.409. The molecule has 4 heterocycles. The first-order chi connectivity index (χ1) is 14.6. The van der Waals surface area contributed by atoms with Gasteiger partial charge in [-0.15, -0.1) is 11.3 Å². The highest BCUT2D eigenvalue weighted by Crippen LogP contribution is 2.35. The van der Waals surface area contributed by atoms with Crippen LogP contribution in [0.5, 0.6) is 0 Å². The molecule has 0 aromatic carbocycles. The lowest BCUT2D eigenvalue weighted by atomic mass is 9.95. The number of furan rings is 1. The van der Waals surface area contributed by atoms with Crippen LogP contribution in [0.4, 0.5) is 0 Å². The Morgan fingerprint density at radius 2 is 2.10 bits per heavy atom. The highest BCUT2D eigenvalue weighted by Gasteiger charge is 2.22. The average Bonchev–Trinajstić information content (AvgIpc) is 3.47. The molecule has 0 atom stereocenters. The Bertz CT molecular complexity index is 1230. The number of nitrogens with zero attached hydrogens (tertiary/aromatic N) is 3. The molecule has 0 saturated heterocycles. The normalized spacial score (nSPS) is 15.3. The Morgan fingerprint density at radius 3 is 2.87 bits per heavy atom. The average molecular weight is 441 g/mol. The number of fused-ring (bicyclic) bond motifs is 1. The van der Waals surface area contributed by atoms with E-state index >= 15 is 0 Å². The zero-order valence-electron chi connectivity index (χ0n) is 17.1. The van der Waals surface area contributed by atoms with E-state index in [0.29, 0.717) is 28.8 Å². The molecule has 1 saturated carbocycles. The Hall–Kier alpha value is -2.32. The zero-order valence-corrected chi connectivity index (χ0v) is 18.7. The molecule has 0 amide bonds. The van der Waals surface area contributed by atoms with E-state index in [1.165, 1.54) is 49.1 Å². The molecule has 0 aliphatic heterocycles. The Labute approximate surface area is 182 Å². The number of aromatic nitrogens is 4. The number of aromatic amines is 1. The second-order valence-electron chi connectivity index (χ2n) is 7.84. The van der Waals surface area contributed by atoms with Crippen molar-refractivity contribution in [1.82, 2.24) is 19.5 Å². The van der Waals surface area contributed by atoms with Gasteiger partial charge in [0.05, 0.1) is 23.1 Å². The number of thioether (sulfide) groups is 1. The fourth-order valence-corrected chi connectivity index (χ4v) is 6.25. The van der Waals surface area contributed by atoms with Crippen molar-refractivity contribution < 1.29 is 4.42 Å². The summed E-state index contributed by atoms with van der Waals surface area (Å²) < 4.78 is 7.88. The highest BCUT2D eigenvalue weighted by atomic mass is 32.2. The van der Waals surface area contributed by atoms with Crippen molar-refractivity contribution in [3.63, 3.8) is 0 Å².